The lowest BCUT2D eigenvalue weighted by atomic mass is 10.3. The summed E-state index contributed by atoms with van der Waals surface area (Å²) in [6.45, 7) is 8.84. The predicted molar refractivity (Wildman–Crippen MR) is 104 cm³/mol. The van der Waals surface area contributed by atoms with Crippen LogP contribution in [0.3, 0.4) is 0 Å². The van der Waals surface area contributed by atoms with Gasteiger partial charge in [-0.25, -0.2) is 0 Å². The van der Waals surface area contributed by atoms with E-state index in [4.69, 9.17) is 9.47 Å². The normalized spacial score (nSPS) is 20.9. The molecule has 2 N–H and O–H groups in total. The van der Waals surface area contributed by atoms with Crippen LogP contribution in [0.5, 0.6) is 0 Å². The molecule has 1 atom stereocenters. The van der Waals surface area contributed by atoms with Crippen molar-refractivity contribution >= 4 is 11.9 Å². The molecule has 1 aliphatic heterocycles. The number of aliphatic hydroxyl groups excluding tert-OH is 1. The summed E-state index contributed by atoms with van der Waals surface area (Å²) in [5, 5.41) is 19.0. The lowest BCUT2D eigenvalue weighted by Crippen LogP contribution is -2.48. The summed E-state index contributed by atoms with van der Waals surface area (Å²) in [6.07, 6.45) is -0.858. The number of aliphatic carboxylic acids is 1. The molecule has 0 saturated carbocycles. The zero-order valence-electron chi connectivity index (χ0n) is 17.4. The Labute approximate surface area is 167 Å². The molecular weight excluding hydrogens is 368 g/mol. The summed E-state index contributed by atoms with van der Waals surface area (Å²) in [4.78, 5) is 31.2. The maximum absolute atomic E-state index is 11.7. The highest BCUT2D eigenvalue weighted by molar-refractivity contribution is 5.71. The Morgan fingerprint density at radius 3 is 1.75 bits per heavy atom. The van der Waals surface area contributed by atoms with Crippen molar-refractivity contribution in [1.82, 2.24) is 19.6 Å². The van der Waals surface area contributed by atoms with Gasteiger partial charge >= 0.3 is 11.9 Å². The van der Waals surface area contributed by atoms with Gasteiger partial charge in [0.05, 0.1) is 20.2 Å². The minimum Gasteiger partial charge on any atom is -0.480 e. The molecule has 0 aliphatic carbocycles. The van der Waals surface area contributed by atoms with Crippen molar-refractivity contribution in [3.63, 3.8) is 0 Å². The molecule has 1 unspecified atom stereocenters. The van der Waals surface area contributed by atoms with Gasteiger partial charge in [0.15, 0.2) is 6.29 Å². The molecule has 10 nitrogen and oxygen atoms in total. The maximum atomic E-state index is 11.7. The van der Waals surface area contributed by atoms with E-state index >= 15 is 0 Å². The third-order valence-corrected chi connectivity index (χ3v) is 5.00. The molecule has 164 valence electrons. The molecule has 1 aliphatic rings. The van der Waals surface area contributed by atoms with Crippen LogP contribution in [-0.2, 0) is 19.1 Å². The monoisotopic (exact) mass is 404 g/mol. The Morgan fingerprint density at radius 1 is 0.857 bits per heavy atom. The fraction of sp³-hybridized carbons (Fsp3) is 0.889. The van der Waals surface area contributed by atoms with E-state index in [0.717, 1.165) is 26.2 Å². The van der Waals surface area contributed by atoms with Crippen LogP contribution in [0.2, 0.25) is 0 Å². The molecule has 1 fully saturated rings. The van der Waals surface area contributed by atoms with Gasteiger partial charge in [-0.05, 0) is 6.54 Å². The van der Waals surface area contributed by atoms with E-state index in [1.807, 2.05) is 9.80 Å². The second kappa shape index (κ2) is 13.8. The van der Waals surface area contributed by atoms with Crippen LogP contribution >= 0.6 is 0 Å². The van der Waals surface area contributed by atoms with Crippen LogP contribution in [0, 0.1) is 0 Å². The molecule has 0 aromatic rings. The molecule has 1 heterocycles. The van der Waals surface area contributed by atoms with E-state index in [2.05, 4.69) is 16.7 Å². The number of β-amino-alcohol motifs (C(OH)–C–C–N with tert-alkyl or cyclic N) is 1. The molecule has 28 heavy (non-hydrogen) atoms. The summed E-state index contributed by atoms with van der Waals surface area (Å²) in [6, 6.07) is 0. The molecule has 0 amide bonds. The van der Waals surface area contributed by atoms with Crippen LogP contribution in [0.1, 0.15) is 6.92 Å². The number of aliphatic hydroxyl groups is 1. The molecule has 0 radical (unpaired) electrons. The molecule has 0 aromatic heterocycles. The number of nitrogens with zero attached hydrogens (tertiary/aromatic N) is 4. The predicted octanol–water partition coefficient (Wildman–Crippen LogP) is -1.55. The molecule has 0 spiro atoms. The topological polar surface area (TPSA) is 106 Å². The lowest BCUT2D eigenvalue weighted by molar-refractivity contribution is -0.142. The van der Waals surface area contributed by atoms with Crippen molar-refractivity contribution in [2.45, 2.75) is 13.2 Å². The summed E-state index contributed by atoms with van der Waals surface area (Å²) >= 11 is 0. The van der Waals surface area contributed by atoms with Crippen molar-refractivity contribution in [1.29, 1.82) is 0 Å². The molecular formula is C18H36N4O6. The lowest BCUT2D eigenvalue weighted by Gasteiger charge is -2.33. The van der Waals surface area contributed by atoms with Crippen LogP contribution < -0.4 is 0 Å². The summed E-state index contributed by atoms with van der Waals surface area (Å²) in [5.74, 6) is -1.17. The Morgan fingerprint density at radius 2 is 1.32 bits per heavy atom. The average molecular weight is 405 g/mol. The van der Waals surface area contributed by atoms with E-state index in [-0.39, 0.29) is 19.1 Å². The van der Waals surface area contributed by atoms with Crippen molar-refractivity contribution in [2.75, 3.05) is 92.8 Å². The van der Waals surface area contributed by atoms with Gasteiger partial charge < -0.3 is 24.6 Å². The highest BCUT2D eigenvalue weighted by Crippen LogP contribution is 2.02. The van der Waals surface area contributed by atoms with Gasteiger partial charge in [-0.2, -0.15) is 0 Å². The molecule has 10 heteroatoms. The first-order chi connectivity index (χ1) is 13.4. The zero-order chi connectivity index (χ0) is 20.9. The number of ether oxygens (including phenoxy) is 2. The second-order valence-electron chi connectivity index (χ2n) is 6.95. The first-order valence-electron chi connectivity index (χ1n) is 9.76. The van der Waals surface area contributed by atoms with Gasteiger partial charge in [0.1, 0.15) is 0 Å². The minimum atomic E-state index is -0.858. The minimum absolute atomic E-state index is 0.0181. The summed E-state index contributed by atoms with van der Waals surface area (Å²) in [5.41, 5.74) is 0. The van der Waals surface area contributed by atoms with Crippen LogP contribution in [0.4, 0.5) is 0 Å². The largest absolute Gasteiger partial charge is 0.480 e. The van der Waals surface area contributed by atoms with E-state index in [0.29, 0.717) is 39.3 Å². The third kappa shape index (κ3) is 10.3. The summed E-state index contributed by atoms with van der Waals surface area (Å²) < 4.78 is 9.77. The Bertz CT molecular complexity index is 467. The number of rotatable bonds is 8. The standard InChI is InChI=1S/C18H36N4O6/c1-4-19-5-7-20(13-16(23)24)9-10-22(15-18(26)28-3)12-11-21(8-6-19)14-17(25)27-2/h17,25H,4-15H2,1-3H3,(H,23,24). The van der Waals surface area contributed by atoms with Gasteiger partial charge in [0.25, 0.3) is 0 Å². The van der Waals surface area contributed by atoms with Crippen LogP contribution in [0.25, 0.3) is 0 Å². The summed E-state index contributed by atoms with van der Waals surface area (Å²) in [7, 11) is 2.83. The van der Waals surface area contributed by atoms with Crippen molar-refractivity contribution in [2.24, 2.45) is 0 Å². The van der Waals surface area contributed by atoms with Gasteiger partial charge in [0.2, 0.25) is 0 Å². The number of esters is 1. The van der Waals surface area contributed by atoms with E-state index < -0.39 is 12.3 Å². The second-order valence-corrected chi connectivity index (χ2v) is 6.95. The molecule has 0 bridgehead atoms. The van der Waals surface area contributed by atoms with E-state index in [1.54, 1.807) is 0 Å². The van der Waals surface area contributed by atoms with Gasteiger partial charge in [-0.15, -0.1) is 0 Å². The van der Waals surface area contributed by atoms with E-state index in [1.165, 1.54) is 14.2 Å². The SMILES string of the molecule is CCN1CCN(CC(=O)O)CCN(CC(=O)OC)CCN(CC(O)OC)CC1. The van der Waals surface area contributed by atoms with Crippen LogP contribution in [-0.4, -0.2) is 141 Å². The first kappa shape index (κ1) is 24.7. The zero-order valence-corrected chi connectivity index (χ0v) is 17.4. The number of carboxylic acids is 1. The number of hydrogen-bond donors (Lipinski definition) is 2. The fourth-order valence-corrected chi connectivity index (χ4v) is 3.13. The maximum Gasteiger partial charge on any atom is 0.319 e. The molecule has 0 aromatic carbocycles. The number of carboxylic acid groups (broad SMARTS) is 1. The highest BCUT2D eigenvalue weighted by Gasteiger charge is 2.20. The quantitative estimate of drug-likeness (QED) is 0.365. The molecule has 1 rings (SSSR count). The van der Waals surface area contributed by atoms with Crippen LogP contribution in [0.15, 0.2) is 0 Å². The first-order valence-corrected chi connectivity index (χ1v) is 9.76. The fourth-order valence-electron chi connectivity index (χ4n) is 3.13. The van der Waals surface area contributed by atoms with E-state index in [9.17, 15) is 19.8 Å². The van der Waals surface area contributed by atoms with Crippen molar-refractivity contribution in [3.8, 4) is 0 Å². The average Bonchev–Trinajstić information content (AvgIpc) is 2.67. The van der Waals surface area contributed by atoms with Crippen molar-refractivity contribution < 1.29 is 29.3 Å². The van der Waals surface area contributed by atoms with Gasteiger partial charge in [-0.3, -0.25) is 24.3 Å². The number of likely N-dealkylation sites (N-methyl/N-ethyl adjacent to an activating group) is 1. The smallest absolute Gasteiger partial charge is 0.319 e. The highest BCUT2D eigenvalue weighted by atomic mass is 16.6. The molecule has 1 saturated heterocycles. The number of hydrogen-bond acceptors (Lipinski definition) is 9. The Balaban J connectivity index is 2.84. The van der Waals surface area contributed by atoms with Crippen molar-refractivity contribution in [3.05, 3.63) is 0 Å². The van der Waals surface area contributed by atoms with Gasteiger partial charge in [0, 0.05) is 66.0 Å². The van der Waals surface area contributed by atoms with Gasteiger partial charge in [-0.1, -0.05) is 6.92 Å². The third-order valence-electron chi connectivity index (χ3n) is 5.00. The number of methoxy groups -OCH3 is 2. The Kier molecular flexibility index (Phi) is 12.2. The number of carbonyl (C=O) groups is 2. The Hall–Kier alpha value is -1.30. The number of carbonyl (C=O) groups excluding carboxylic acids is 1.